The van der Waals surface area contributed by atoms with Gasteiger partial charge in [0.2, 0.25) is 5.91 Å². The minimum absolute atomic E-state index is 0.0792. The minimum Gasteiger partial charge on any atom is -0.484 e. The van der Waals surface area contributed by atoms with Crippen LogP contribution < -0.4 is 10.1 Å². The number of thiazole rings is 1. The van der Waals surface area contributed by atoms with Crippen molar-refractivity contribution in [1.82, 2.24) is 9.88 Å². The summed E-state index contributed by atoms with van der Waals surface area (Å²) < 4.78 is 42.3. The highest BCUT2D eigenvalue weighted by Crippen LogP contribution is 2.30. The lowest BCUT2D eigenvalue weighted by atomic mass is 10.1. The summed E-state index contributed by atoms with van der Waals surface area (Å²) in [7, 11) is 0. The van der Waals surface area contributed by atoms with Crippen LogP contribution in [0.3, 0.4) is 0 Å². The third-order valence-corrected chi connectivity index (χ3v) is 5.65. The van der Waals surface area contributed by atoms with Crippen LogP contribution in [-0.4, -0.2) is 41.0 Å². The molecule has 0 unspecified atom stereocenters. The largest absolute Gasteiger partial charge is 0.484 e. The Balaban J connectivity index is 1.44. The molecule has 0 spiro atoms. The number of nitrogens with one attached hydrogen (secondary N) is 1. The van der Waals surface area contributed by atoms with E-state index < -0.39 is 12.8 Å². The Labute approximate surface area is 179 Å². The van der Waals surface area contributed by atoms with Gasteiger partial charge in [-0.05, 0) is 42.3 Å². The Morgan fingerprint density at radius 3 is 2.81 bits per heavy atom. The van der Waals surface area contributed by atoms with E-state index in [1.54, 1.807) is 29.2 Å². The van der Waals surface area contributed by atoms with Crippen molar-refractivity contribution in [2.75, 3.05) is 18.5 Å². The van der Waals surface area contributed by atoms with Crippen LogP contribution in [0.1, 0.15) is 28.8 Å². The van der Waals surface area contributed by atoms with Crippen molar-refractivity contribution in [3.8, 4) is 5.75 Å². The van der Waals surface area contributed by atoms with Gasteiger partial charge in [-0.2, -0.15) is 13.2 Å². The molecule has 1 fully saturated rings. The van der Waals surface area contributed by atoms with E-state index in [-0.39, 0.29) is 17.6 Å². The number of likely N-dealkylation sites (tertiary alicyclic amines) is 1. The highest BCUT2D eigenvalue weighted by molar-refractivity contribution is 7.22. The Kier molecular flexibility index (Phi) is 5.81. The lowest BCUT2D eigenvalue weighted by molar-refractivity contribution is -0.153. The van der Waals surface area contributed by atoms with Gasteiger partial charge in [-0.25, -0.2) is 4.98 Å². The van der Waals surface area contributed by atoms with Gasteiger partial charge in [0.25, 0.3) is 5.91 Å². The number of hydrogen-bond acceptors (Lipinski definition) is 5. The lowest BCUT2D eigenvalue weighted by Crippen LogP contribution is -2.24. The van der Waals surface area contributed by atoms with Crippen molar-refractivity contribution < 1.29 is 27.5 Å². The van der Waals surface area contributed by atoms with Gasteiger partial charge in [-0.1, -0.05) is 23.5 Å². The highest BCUT2D eigenvalue weighted by Gasteiger charge is 2.28. The fourth-order valence-corrected chi connectivity index (χ4v) is 4.17. The molecule has 2 heterocycles. The van der Waals surface area contributed by atoms with Crippen LogP contribution >= 0.6 is 11.3 Å². The number of aromatic nitrogens is 1. The molecule has 4 rings (SSSR count). The van der Waals surface area contributed by atoms with Crippen LogP contribution in [-0.2, 0) is 11.3 Å². The quantitative estimate of drug-likeness (QED) is 0.597. The second-order valence-electron chi connectivity index (χ2n) is 7.13. The second-order valence-corrected chi connectivity index (χ2v) is 8.16. The normalized spacial score (nSPS) is 14.3. The molecule has 1 N–H and O–H groups in total. The van der Waals surface area contributed by atoms with Gasteiger partial charge in [0, 0.05) is 25.1 Å². The molecule has 0 atom stereocenters. The summed E-state index contributed by atoms with van der Waals surface area (Å²) >= 11 is 1.14. The van der Waals surface area contributed by atoms with Gasteiger partial charge in [0.15, 0.2) is 11.7 Å². The van der Waals surface area contributed by atoms with Gasteiger partial charge >= 0.3 is 6.18 Å². The van der Waals surface area contributed by atoms with Gasteiger partial charge in [0.1, 0.15) is 5.75 Å². The first-order chi connectivity index (χ1) is 14.8. The molecule has 2 amide bonds. The average molecular weight is 449 g/mol. The molecule has 1 aromatic heterocycles. The summed E-state index contributed by atoms with van der Waals surface area (Å²) in [4.78, 5) is 30.5. The van der Waals surface area contributed by atoms with Crippen molar-refractivity contribution in [3.63, 3.8) is 0 Å². The highest BCUT2D eigenvalue weighted by atomic mass is 32.1. The number of carbonyl (C=O) groups excluding carboxylic acids is 2. The Morgan fingerprint density at radius 2 is 2.06 bits per heavy atom. The fraction of sp³-hybridized carbons (Fsp3) is 0.286. The number of fused-ring (bicyclic) bond motifs is 1. The average Bonchev–Trinajstić information content (AvgIpc) is 3.31. The zero-order valence-corrected chi connectivity index (χ0v) is 17.1. The van der Waals surface area contributed by atoms with Crippen molar-refractivity contribution in [1.29, 1.82) is 0 Å². The first-order valence-corrected chi connectivity index (χ1v) is 10.4. The molecule has 1 saturated heterocycles. The molecule has 0 saturated carbocycles. The van der Waals surface area contributed by atoms with Crippen molar-refractivity contribution in [3.05, 3.63) is 53.6 Å². The van der Waals surface area contributed by atoms with Gasteiger partial charge < -0.3 is 9.64 Å². The van der Waals surface area contributed by atoms with E-state index in [1.807, 2.05) is 6.07 Å². The Hall–Kier alpha value is -3.14. The standard InChI is InChI=1S/C21H18F3N3O3S/c22-21(23,24)12-30-15-6-7-16-17(10-15)31-20(25-16)26-19(29)14-4-1-3-13(9-14)11-27-8-2-5-18(27)28/h1,3-4,6-7,9-10H,2,5,8,11-12H2,(H,25,26,29). The molecule has 0 radical (unpaired) electrons. The molecule has 3 aromatic rings. The SMILES string of the molecule is O=C(Nc1nc2ccc(OCC(F)(F)F)cc2s1)c1cccc(CN2CCCC2=O)c1. The summed E-state index contributed by atoms with van der Waals surface area (Å²) in [5, 5.41) is 3.05. The van der Waals surface area contributed by atoms with E-state index in [2.05, 4.69) is 10.3 Å². The number of ether oxygens (including phenoxy) is 1. The third-order valence-electron chi connectivity index (χ3n) is 4.72. The molecular weight excluding hydrogens is 431 g/mol. The maximum atomic E-state index is 12.6. The van der Waals surface area contributed by atoms with E-state index in [9.17, 15) is 22.8 Å². The summed E-state index contributed by atoms with van der Waals surface area (Å²) in [5.41, 5.74) is 1.83. The number of carbonyl (C=O) groups is 2. The molecule has 10 heteroatoms. The molecular formula is C21H18F3N3O3S. The number of rotatable bonds is 6. The van der Waals surface area contributed by atoms with E-state index in [0.717, 1.165) is 29.9 Å². The monoisotopic (exact) mass is 449 g/mol. The number of halogens is 3. The van der Waals surface area contributed by atoms with E-state index in [4.69, 9.17) is 4.74 Å². The first-order valence-electron chi connectivity index (χ1n) is 9.55. The molecule has 162 valence electrons. The summed E-state index contributed by atoms with van der Waals surface area (Å²) in [6.45, 7) is -0.197. The number of amides is 2. The number of alkyl halides is 3. The van der Waals surface area contributed by atoms with E-state index >= 15 is 0 Å². The zero-order valence-electron chi connectivity index (χ0n) is 16.2. The molecule has 1 aliphatic rings. The van der Waals surface area contributed by atoms with E-state index in [0.29, 0.717) is 33.9 Å². The third kappa shape index (κ3) is 5.32. The molecule has 2 aromatic carbocycles. The first kappa shape index (κ1) is 21.1. The number of benzene rings is 2. The molecule has 0 aliphatic carbocycles. The fourth-order valence-electron chi connectivity index (χ4n) is 3.29. The van der Waals surface area contributed by atoms with Crippen molar-refractivity contribution >= 4 is 38.5 Å². The maximum Gasteiger partial charge on any atom is 0.422 e. The second kappa shape index (κ2) is 8.54. The molecule has 0 bridgehead atoms. The van der Waals surface area contributed by atoms with Crippen LogP contribution in [0.2, 0.25) is 0 Å². The van der Waals surface area contributed by atoms with Crippen LogP contribution in [0.5, 0.6) is 5.75 Å². The summed E-state index contributed by atoms with van der Waals surface area (Å²) in [6.07, 6.45) is -3.02. The summed E-state index contributed by atoms with van der Waals surface area (Å²) in [6, 6.07) is 11.4. The van der Waals surface area contributed by atoms with Crippen LogP contribution in [0.25, 0.3) is 10.2 Å². The summed E-state index contributed by atoms with van der Waals surface area (Å²) in [5.74, 6) is -0.166. The molecule has 6 nitrogen and oxygen atoms in total. The lowest BCUT2D eigenvalue weighted by Gasteiger charge is -2.15. The smallest absolute Gasteiger partial charge is 0.422 e. The Morgan fingerprint density at radius 1 is 1.23 bits per heavy atom. The number of nitrogens with zero attached hydrogens (tertiary/aromatic N) is 2. The number of hydrogen-bond donors (Lipinski definition) is 1. The van der Waals surface area contributed by atoms with Crippen LogP contribution in [0.4, 0.5) is 18.3 Å². The van der Waals surface area contributed by atoms with Crippen molar-refractivity contribution in [2.24, 2.45) is 0 Å². The maximum absolute atomic E-state index is 12.6. The van der Waals surface area contributed by atoms with Crippen LogP contribution in [0.15, 0.2) is 42.5 Å². The van der Waals surface area contributed by atoms with Gasteiger partial charge in [0.05, 0.1) is 10.2 Å². The van der Waals surface area contributed by atoms with E-state index in [1.165, 1.54) is 12.1 Å². The van der Waals surface area contributed by atoms with Crippen LogP contribution in [0, 0.1) is 0 Å². The van der Waals surface area contributed by atoms with Gasteiger partial charge in [-0.3, -0.25) is 14.9 Å². The molecule has 31 heavy (non-hydrogen) atoms. The zero-order chi connectivity index (χ0) is 22.0. The molecule has 1 aliphatic heterocycles. The van der Waals surface area contributed by atoms with Gasteiger partial charge in [-0.15, -0.1) is 0 Å². The predicted octanol–water partition coefficient (Wildman–Crippen LogP) is 4.61. The van der Waals surface area contributed by atoms with Crippen molar-refractivity contribution in [2.45, 2.75) is 25.6 Å². The minimum atomic E-state index is -4.42. The number of anilines is 1. The topological polar surface area (TPSA) is 71.5 Å². The Bertz CT molecular complexity index is 1130. The predicted molar refractivity (Wildman–Crippen MR) is 110 cm³/mol.